The molecule has 5 heteroatoms. The Hall–Kier alpha value is -2.33. The molecule has 0 spiro atoms. The third-order valence-corrected chi connectivity index (χ3v) is 3.15. The molecule has 94 valence electrons. The fourth-order valence-electron chi connectivity index (χ4n) is 1.91. The fourth-order valence-corrected chi connectivity index (χ4v) is 2.12. The number of aromatic hydroxyl groups is 1. The number of halogens is 1. The van der Waals surface area contributed by atoms with Gasteiger partial charge in [-0.3, -0.25) is 4.79 Å². The Bertz CT molecular complexity index is 827. The molecular formula is C14H9ClN2O2. The Labute approximate surface area is 113 Å². The van der Waals surface area contributed by atoms with Gasteiger partial charge in [0, 0.05) is 5.56 Å². The average molecular weight is 273 g/mol. The first-order chi connectivity index (χ1) is 9.15. The second-order valence-electron chi connectivity index (χ2n) is 4.10. The number of benzene rings is 2. The number of nitrogens with zero attached hydrogens (tertiary/aromatic N) is 1. The molecule has 4 nitrogen and oxygen atoms in total. The van der Waals surface area contributed by atoms with E-state index < -0.39 is 0 Å². The zero-order valence-electron chi connectivity index (χ0n) is 9.72. The summed E-state index contributed by atoms with van der Waals surface area (Å²) in [7, 11) is 0. The average Bonchev–Trinajstić information content (AvgIpc) is 2.41. The topological polar surface area (TPSA) is 66.0 Å². The Balaban J connectivity index is 2.31. The minimum absolute atomic E-state index is 0.0650. The number of phenols is 1. The van der Waals surface area contributed by atoms with Crippen molar-refractivity contribution in [2.75, 3.05) is 0 Å². The van der Waals surface area contributed by atoms with Gasteiger partial charge in [-0.25, -0.2) is 4.98 Å². The number of aromatic amines is 1. The Morgan fingerprint density at radius 1 is 1.16 bits per heavy atom. The minimum atomic E-state index is -0.236. The standard InChI is InChI=1S/C14H9ClN2O2/c15-11-6-5-8(18)7-10(11)13-16-12-4-2-1-3-9(12)14(19)17-13/h1-7,18H,(H,16,17,19). The SMILES string of the molecule is O=c1[nH]c(-c2cc(O)ccc2Cl)nc2ccccc12. The van der Waals surface area contributed by atoms with Crippen LogP contribution < -0.4 is 5.56 Å². The van der Waals surface area contributed by atoms with Crippen LogP contribution in [-0.4, -0.2) is 15.1 Å². The van der Waals surface area contributed by atoms with Crippen molar-refractivity contribution in [3.63, 3.8) is 0 Å². The predicted molar refractivity (Wildman–Crippen MR) is 74.5 cm³/mol. The van der Waals surface area contributed by atoms with Crippen LogP contribution >= 0.6 is 11.6 Å². The van der Waals surface area contributed by atoms with Crippen LogP contribution in [0.1, 0.15) is 0 Å². The number of aromatic nitrogens is 2. The summed E-state index contributed by atoms with van der Waals surface area (Å²) >= 11 is 6.06. The minimum Gasteiger partial charge on any atom is -0.508 e. The maximum Gasteiger partial charge on any atom is 0.259 e. The number of hydrogen-bond donors (Lipinski definition) is 2. The quantitative estimate of drug-likeness (QED) is 0.716. The zero-order valence-corrected chi connectivity index (χ0v) is 10.5. The van der Waals surface area contributed by atoms with E-state index in [0.29, 0.717) is 27.3 Å². The molecule has 0 bridgehead atoms. The summed E-state index contributed by atoms with van der Waals surface area (Å²) in [5.41, 5.74) is 0.838. The zero-order chi connectivity index (χ0) is 13.4. The van der Waals surface area contributed by atoms with Crippen LogP contribution in [-0.2, 0) is 0 Å². The van der Waals surface area contributed by atoms with Gasteiger partial charge in [0.15, 0.2) is 0 Å². The van der Waals surface area contributed by atoms with Crippen molar-refractivity contribution in [1.29, 1.82) is 0 Å². The summed E-state index contributed by atoms with van der Waals surface area (Å²) in [5, 5.41) is 10.4. The second-order valence-corrected chi connectivity index (χ2v) is 4.50. The summed E-state index contributed by atoms with van der Waals surface area (Å²) in [6, 6.07) is 11.5. The third kappa shape index (κ3) is 2.06. The number of hydrogen-bond acceptors (Lipinski definition) is 3. The van der Waals surface area contributed by atoms with E-state index in [9.17, 15) is 9.90 Å². The highest BCUT2D eigenvalue weighted by molar-refractivity contribution is 6.33. The van der Waals surface area contributed by atoms with Crippen LogP contribution in [0.25, 0.3) is 22.3 Å². The molecule has 0 amide bonds. The van der Waals surface area contributed by atoms with Gasteiger partial charge in [-0.05, 0) is 30.3 Å². The van der Waals surface area contributed by atoms with E-state index >= 15 is 0 Å². The predicted octanol–water partition coefficient (Wildman–Crippen LogP) is 2.95. The van der Waals surface area contributed by atoms with Crippen molar-refractivity contribution in [3.8, 4) is 17.1 Å². The highest BCUT2D eigenvalue weighted by atomic mass is 35.5. The highest BCUT2D eigenvalue weighted by Crippen LogP contribution is 2.28. The molecule has 0 atom stereocenters. The first-order valence-corrected chi connectivity index (χ1v) is 6.01. The van der Waals surface area contributed by atoms with Gasteiger partial charge in [-0.1, -0.05) is 23.7 Å². The third-order valence-electron chi connectivity index (χ3n) is 2.82. The lowest BCUT2D eigenvalue weighted by atomic mass is 10.2. The van der Waals surface area contributed by atoms with E-state index in [1.807, 2.05) is 6.07 Å². The van der Waals surface area contributed by atoms with E-state index in [4.69, 9.17) is 11.6 Å². The Morgan fingerprint density at radius 3 is 2.79 bits per heavy atom. The monoisotopic (exact) mass is 272 g/mol. The van der Waals surface area contributed by atoms with Gasteiger partial charge in [0.2, 0.25) is 0 Å². The Kier molecular flexibility index (Phi) is 2.72. The highest BCUT2D eigenvalue weighted by Gasteiger charge is 2.09. The molecule has 2 N–H and O–H groups in total. The van der Waals surface area contributed by atoms with Crippen molar-refractivity contribution in [2.24, 2.45) is 0 Å². The van der Waals surface area contributed by atoms with Crippen molar-refractivity contribution in [2.45, 2.75) is 0 Å². The van der Waals surface area contributed by atoms with Crippen molar-refractivity contribution < 1.29 is 5.11 Å². The smallest absolute Gasteiger partial charge is 0.259 e. The first kappa shape index (κ1) is 11.7. The lowest BCUT2D eigenvalue weighted by molar-refractivity contribution is 0.475. The van der Waals surface area contributed by atoms with Gasteiger partial charge in [0.05, 0.1) is 15.9 Å². The largest absolute Gasteiger partial charge is 0.508 e. The van der Waals surface area contributed by atoms with Crippen LogP contribution in [0.4, 0.5) is 0 Å². The maximum absolute atomic E-state index is 12.0. The van der Waals surface area contributed by atoms with Gasteiger partial charge in [0.25, 0.3) is 5.56 Å². The molecule has 3 rings (SSSR count). The second kappa shape index (κ2) is 4.40. The molecule has 1 aromatic heterocycles. The van der Waals surface area contributed by atoms with E-state index in [1.165, 1.54) is 12.1 Å². The fraction of sp³-hybridized carbons (Fsp3) is 0. The summed E-state index contributed by atoms with van der Waals surface area (Å²) in [6.07, 6.45) is 0. The molecule has 0 saturated heterocycles. The van der Waals surface area contributed by atoms with Gasteiger partial charge in [0.1, 0.15) is 11.6 Å². The molecule has 0 unspecified atom stereocenters. The van der Waals surface area contributed by atoms with Gasteiger partial charge in [-0.15, -0.1) is 0 Å². The van der Waals surface area contributed by atoms with Crippen LogP contribution in [0.2, 0.25) is 5.02 Å². The summed E-state index contributed by atoms with van der Waals surface area (Å²) in [6.45, 7) is 0. The molecule has 19 heavy (non-hydrogen) atoms. The van der Waals surface area contributed by atoms with Gasteiger partial charge < -0.3 is 10.1 Å². The van der Waals surface area contributed by atoms with Crippen molar-refractivity contribution >= 4 is 22.5 Å². The number of phenolic OH excluding ortho intramolecular Hbond substituents is 1. The van der Waals surface area contributed by atoms with E-state index in [1.54, 1.807) is 24.3 Å². The normalized spacial score (nSPS) is 10.8. The molecule has 0 aliphatic carbocycles. The molecule has 0 radical (unpaired) electrons. The molecule has 0 saturated carbocycles. The van der Waals surface area contributed by atoms with Crippen molar-refractivity contribution in [1.82, 2.24) is 9.97 Å². The van der Waals surface area contributed by atoms with E-state index in [-0.39, 0.29) is 11.3 Å². The maximum atomic E-state index is 12.0. The lowest BCUT2D eigenvalue weighted by Crippen LogP contribution is -2.09. The molecule has 2 aromatic carbocycles. The lowest BCUT2D eigenvalue weighted by Gasteiger charge is -2.05. The molecular weight excluding hydrogens is 264 g/mol. The number of nitrogens with one attached hydrogen (secondary N) is 1. The molecule has 0 aliphatic rings. The number of fused-ring (bicyclic) bond motifs is 1. The first-order valence-electron chi connectivity index (χ1n) is 5.63. The van der Waals surface area contributed by atoms with Crippen LogP contribution in [0.3, 0.4) is 0 Å². The van der Waals surface area contributed by atoms with Crippen molar-refractivity contribution in [3.05, 3.63) is 57.8 Å². The van der Waals surface area contributed by atoms with Gasteiger partial charge >= 0.3 is 0 Å². The Morgan fingerprint density at radius 2 is 1.95 bits per heavy atom. The molecule has 3 aromatic rings. The van der Waals surface area contributed by atoms with E-state index in [0.717, 1.165) is 0 Å². The van der Waals surface area contributed by atoms with Crippen LogP contribution in [0.15, 0.2) is 47.3 Å². The number of para-hydroxylation sites is 1. The summed E-state index contributed by atoms with van der Waals surface area (Å²) in [4.78, 5) is 19.0. The summed E-state index contributed by atoms with van der Waals surface area (Å²) < 4.78 is 0. The number of rotatable bonds is 1. The van der Waals surface area contributed by atoms with Gasteiger partial charge in [-0.2, -0.15) is 0 Å². The summed E-state index contributed by atoms with van der Waals surface area (Å²) in [5.74, 6) is 0.403. The molecule has 0 fully saturated rings. The van der Waals surface area contributed by atoms with Crippen LogP contribution in [0.5, 0.6) is 5.75 Å². The molecule has 0 aliphatic heterocycles. The molecule has 1 heterocycles. The van der Waals surface area contributed by atoms with Crippen LogP contribution in [0, 0.1) is 0 Å². The van der Waals surface area contributed by atoms with E-state index in [2.05, 4.69) is 9.97 Å². The number of H-pyrrole nitrogens is 1.